The summed E-state index contributed by atoms with van der Waals surface area (Å²) in [5.74, 6) is 0.574. The molecule has 0 spiro atoms. The van der Waals surface area contributed by atoms with E-state index in [4.69, 9.17) is 4.74 Å². The number of nitrogens with one attached hydrogen (secondary N) is 2. The van der Waals surface area contributed by atoms with E-state index in [0.29, 0.717) is 12.0 Å². The van der Waals surface area contributed by atoms with E-state index < -0.39 is 0 Å². The third kappa shape index (κ3) is 2.72. The summed E-state index contributed by atoms with van der Waals surface area (Å²) in [5.41, 5.74) is 1.21. The fourth-order valence-electron chi connectivity index (χ4n) is 4.05. The zero-order chi connectivity index (χ0) is 14.9. The third-order valence-electron chi connectivity index (χ3n) is 5.49. The van der Waals surface area contributed by atoms with Gasteiger partial charge in [0.1, 0.15) is 0 Å². The lowest BCUT2D eigenvalue weighted by molar-refractivity contribution is 0.0978. The SMILES string of the molecule is O=C(N[C@@H](c1ccccc1)C1CCC1)N[C@@H]1C[C@H]2CC[C@H]1O2. The summed E-state index contributed by atoms with van der Waals surface area (Å²) in [6.07, 6.45) is 7.49. The summed E-state index contributed by atoms with van der Waals surface area (Å²) in [6.45, 7) is 0. The van der Waals surface area contributed by atoms with Crippen LogP contribution in [0.25, 0.3) is 0 Å². The highest BCUT2D eigenvalue weighted by molar-refractivity contribution is 5.75. The van der Waals surface area contributed by atoms with Crippen LogP contribution in [0.5, 0.6) is 0 Å². The van der Waals surface area contributed by atoms with Gasteiger partial charge in [-0.05, 0) is 43.6 Å². The molecule has 0 radical (unpaired) electrons. The Bertz CT molecular complexity index is 529. The van der Waals surface area contributed by atoms with Crippen LogP contribution in [0.4, 0.5) is 4.79 Å². The summed E-state index contributed by atoms with van der Waals surface area (Å²) in [4.78, 5) is 12.4. The van der Waals surface area contributed by atoms with Crippen molar-refractivity contribution in [2.45, 2.75) is 62.8 Å². The van der Waals surface area contributed by atoms with Crippen LogP contribution < -0.4 is 10.6 Å². The lowest BCUT2D eigenvalue weighted by Crippen LogP contribution is -2.48. The van der Waals surface area contributed by atoms with Crippen LogP contribution in [0.3, 0.4) is 0 Å². The summed E-state index contributed by atoms with van der Waals surface area (Å²) in [6, 6.07) is 10.6. The average Bonchev–Trinajstić information content (AvgIpc) is 3.08. The smallest absolute Gasteiger partial charge is 0.315 e. The van der Waals surface area contributed by atoms with Crippen molar-refractivity contribution in [2.24, 2.45) is 5.92 Å². The van der Waals surface area contributed by atoms with Gasteiger partial charge in [-0.15, -0.1) is 0 Å². The van der Waals surface area contributed by atoms with E-state index in [1.54, 1.807) is 0 Å². The van der Waals surface area contributed by atoms with E-state index in [9.17, 15) is 4.79 Å². The molecule has 4 rings (SSSR count). The fourth-order valence-corrected chi connectivity index (χ4v) is 4.05. The zero-order valence-corrected chi connectivity index (χ0v) is 12.8. The number of hydrogen-bond acceptors (Lipinski definition) is 2. The lowest BCUT2D eigenvalue weighted by Gasteiger charge is -2.35. The Morgan fingerprint density at radius 1 is 1.14 bits per heavy atom. The predicted octanol–water partition coefficient (Wildman–Crippen LogP) is 3.15. The van der Waals surface area contributed by atoms with Crippen LogP contribution in [0, 0.1) is 5.92 Å². The van der Waals surface area contributed by atoms with E-state index in [-0.39, 0.29) is 24.2 Å². The van der Waals surface area contributed by atoms with Crippen LogP contribution in [0.2, 0.25) is 0 Å². The van der Waals surface area contributed by atoms with E-state index in [0.717, 1.165) is 19.3 Å². The van der Waals surface area contributed by atoms with Crippen LogP contribution in [-0.2, 0) is 4.74 Å². The maximum atomic E-state index is 12.4. The highest BCUT2D eigenvalue weighted by atomic mass is 16.5. The van der Waals surface area contributed by atoms with Gasteiger partial charge in [-0.25, -0.2) is 4.79 Å². The molecular weight excluding hydrogens is 276 g/mol. The van der Waals surface area contributed by atoms with E-state index >= 15 is 0 Å². The first kappa shape index (κ1) is 14.1. The van der Waals surface area contributed by atoms with Gasteiger partial charge in [0.25, 0.3) is 0 Å². The maximum Gasteiger partial charge on any atom is 0.315 e. The Labute approximate surface area is 131 Å². The Hall–Kier alpha value is -1.55. The highest BCUT2D eigenvalue weighted by Gasteiger charge is 2.41. The van der Waals surface area contributed by atoms with Crippen molar-refractivity contribution < 1.29 is 9.53 Å². The second-order valence-electron chi connectivity index (χ2n) is 6.91. The number of carbonyl (C=O) groups excluding carboxylic acids is 1. The van der Waals surface area contributed by atoms with Gasteiger partial charge in [-0.3, -0.25) is 0 Å². The van der Waals surface area contributed by atoms with E-state index in [2.05, 4.69) is 22.8 Å². The number of urea groups is 1. The molecule has 1 aromatic rings. The summed E-state index contributed by atoms with van der Waals surface area (Å²) in [7, 11) is 0. The first-order valence-electron chi connectivity index (χ1n) is 8.57. The molecule has 118 valence electrons. The van der Waals surface area contributed by atoms with E-state index in [1.807, 2.05) is 18.2 Å². The Kier molecular flexibility index (Phi) is 3.78. The first-order chi connectivity index (χ1) is 10.8. The molecule has 3 fully saturated rings. The Morgan fingerprint density at radius 2 is 1.95 bits per heavy atom. The third-order valence-corrected chi connectivity index (χ3v) is 5.49. The van der Waals surface area contributed by atoms with Gasteiger partial charge in [0.2, 0.25) is 0 Å². The number of benzene rings is 1. The molecule has 0 unspecified atom stereocenters. The molecule has 3 aliphatic rings. The predicted molar refractivity (Wildman–Crippen MR) is 84.5 cm³/mol. The highest BCUT2D eigenvalue weighted by Crippen LogP contribution is 2.38. The molecule has 4 nitrogen and oxygen atoms in total. The Balaban J connectivity index is 1.39. The average molecular weight is 300 g/mol. The zero-order valence-electron chi connectivity index (χ0n) is 12.8. The number of hydrogen-bond donors (Lipinski definition) is 2. The second-order valence-corrected chi connectivity index (χ2v) is 6.91. The van der Waals surface area contributed by atoms with Gasteiger partial charge in [-0.2, -0.15) is 0 Å². The number of amides is 2. The van der Waals surface area contributed by atoms with Crippen LogP contribution >= 0.6 is 0 Å². The second kappa shape index (κ2) is 5.92. The van der Waals surface area contributed by atoms with Crippen LogP contribution in [0.1, 0.15) is 50.1 Å². The molecule has 2 aliphatic heterocycles. The Morgan fingerprint density at radius 3 is 2.55 bits per heavy atom. The lowest BCUT2D eigenvalue weighted by atomic mass is 9.77. The molecule has 1 aromatic carbocycles. The van der Waals surface area contributed by atoms with Crippen LogP contribution in [0.15, 0.2) is 30.3 Å². The van der Waals surface area contributed by atoms with Gasteiger partial charge >= 0.3 is 6.03 Å². The minimum Gasteiger partial charge on any atom is -0.373 e. The molecule has 2 N–H and O–H groups in total. The molecule has 2 amide bonds. The molecule has 1 aliphatic carbocycles. The molecular formula is C18H24N2O2. The van der Waals surface area contributed by atoms with Gasteiger partial charge in [0.05, 0.1) is 24.3 Å². The van der Waals surface area contributed by atoms with Crippen LogP contribution in [-0.4, -0.2) is 24.3 Å². The van der Waals surface area contributed by atoms with Gasteiger partial charge < -0.3 is 15.4 Å². The van der Waals surface area contributed by atoms with Crippen molar-refractivity contribution >= 4 is 6.03 Å². The number of fused-ring (bicyclic) bond motifs is 2. The number of rotatable bonds is 4. The van der Waals surface area contributed by atoms with Crippen molar-refractivity contribution in [1.82, 2.24) is 10.6 Å². The molecule has 2 bridgehead atoms. The molecule has 2 saturated heterocycles. The minimum atomic E-state index is -0.0399. The van der Waals surface area contributed by atoms with Gasteiger partial charge in [0, 0.05) is 0 Å². The largest absolute Gasteiger partial charge is 0.373 e. The summed E-state index contributed by atoms with van der Waals surface area (Å²) >= 11 is 0. The van der Waals surface area contributed by atoms with E-state index in [1.165, 1.54) is 24.8 Å². The first-order valence-corrected chi connectivity index (χ1v) is 8.57. The number of carbonyl (C=O) groups is 1. The monoisotopic (exact) mass is 300 g/mol. The molecule has 2 heterocycles. The van der Waals surface area contributed by atoms with Gasteiger partial charge in [0.15, 0.2) is 0 Å². The minimum absolute atomic E-state index is 0.0399. The molecule has 1 saturated carbocycles. The fraction of sp³-hybridized carbons (Fsp3) is 0.611. The molecule has 4 atom stereocenters. The molecule has 22 heavy (non-hydrogen) atoms. The van der Waals surface area contributed by atoms with Crippen molar-refractivity contribution in [3.05, 3.63) is 35.9 Å². The quantitative estimate of drug-likeness (QED) is 0.897. The number of ether oxygens (including phenoxy) is 1. The van der Waals surface area contributed by atoms with Crippen molar-refractivity contribution in [3.63, 3.8) is 0 Å². The van der Waals surface area contributed by atoms with Crippen molar-refractivity contribution in [3.8, 4) is 0 Å². The normalized spacial score (nSPS) is 31.5. The molecule has 4 heteroatoms. The van der Waals surface area contributed by atoms with Crippen molar-refractivity contribution in [2.75, 3.05) is 0 Å². The summed E-state index contributed by atoms with van der Waals surface area (Å²) in [5, 5.41) is 6.35. The topological polar surface area (TPSA) is 50.4 Å². The summed E-state index contributed by atoms with van der Waals surface area (Å²) < 4.78 is 5.81. The molecule has 0 aromatic heterocycles. The van der Waals surface area contributed by atoms with Crippen molar-refractivity contribution in [1.29, 1.82) is 0 Å². The maximum absolute atomic E-state index is 12.4. The van der Waals surface area contributed by atoms with Gasteiger partial charge in [-0.1, -0.05) is 36.8 Å². The standard InChI is InChI=1S/C18H24N2O2/c21-18(19-15-11-14-9-10-16(15)22-14)20-17(13-7-4-8-13)12-5-2-1-3-6-12/h1-3,5-6,13-17H,4,7-11H2,(H2,19,20,21)/t14-,15-,16-,17+/m1/s1.